The molecule has 1 atom stereocenters. The van der Waals surface area contributed by atoms with Gasteiger partial charge in [-0.3, -0.25) is 0 Å². The summed E-state index contributed by atoms with van der Waals surface area (Å²) in [7, 11) is 0. The molecule has 2 nitrogen and oxygen atoms in total. The zero-order valence-corrected chi connectivity index (χ0v) is 12.5. The van der Waals surface area contributed by atoms with Crippen LogP contribution in [0.25, 0.3) is 0 Å². The molecule has 0 spiro atoms. The Morgan fingerprint density at radius 1 is 1.50 bits per heavy atom. The predicted molar refractivity (Wildman–Crippen MR) is 73.8 cm³/mol. The van der Waals surface area contributed by atoms with Gasteiger partial charge in [-0.05, 0) is 33.8 Å². The molecule has 16 heavy (non-hydrogen) atoms. The molecule has 1 aromatic heterocycles. The fourth-order valence-electron chi connectivity index (χ4n) is 1.63. The van der Waals surface area contributed by atoms with Crippen LogP contribution in [0, 0.1) is 5.41 Å². The van der Waals surface area contributed by atoms with E-state index in [1.807, 2.05) is 0 Å². The topological polar surface area (TPSA) is 32.3 Å². The molecule has 0 fully saturated rings. The molecule has 0 saturated carbocycles. The Hall–Kier alpha value is 0.1000. The highest BCUT2D eigenvalue weighted by atomic mass is 79.9. The molecule has 0 amide bonds. The smallest absolute Gasteiger partial charge is 0.0584 e. The van der Waals surface area contributed by atoms with E-state index in [4.69, 9.17) is 0 Å². The van der Waals surface area contributed by atoms with E-state index >= 15 is 0 Å². The Labute approximate surface area is 110 Å². The minimum absolute atomic E-state index is 0.181. The summed E-state index contributed by atoms with van der Waals surface area (Å²) < 4.78 is 1.13. The summed E-state index contributed by atoms with van der Waals surface area (Å²) in [6.07, 6.45) is 0.982. The van der Waals surface area contributed by atoms with Crippen LogP contribution in [-0.2, 0) is 6.54 Å². The Bertz CT molecular complexity index is 319. The van der Waals surface area contributed by atoms with Crippen molar-refractivity contribution in [2.24, 2.45) is 5.41 Å². The molecular formula is C12H20BrNOS. The number of hydrogen-bond donors (Lipinski definition) is 2. The van der Waals surface area contributed by atoms with Crippen molar-refractivity contribution in [2.45, 2.75) is 39.8 Å². The van der Waals surface area contributed by atoms with Gasteiger partial charge in [0.05, 0.1) is 6.61 Å². The average molecular weight is 306 g/mol. The number of halogens is 1. The van der Waals surface area contributed by atoms with Gasteiger partial charge in [0.2, 0.25) is 0 Å². The highest BCUT2D eigenvalue weighted by Crippen LogP contribution is 2.22. The summed E-state index contributed by atoms with van der Waals surface area (Å²) in [5, 5.41) is 14.8. The molecule has 0 aliphatic heterocycles. The van der Waals surface area contributed by atoms with E-state index < -0.39 is 0 Å². The third kappa shape index (κ3) is 5.43. The lowest BCUT2D eigenvalue weighted by atomic mass is 9.88. The Balaban J connectivity index is 2.40. The van der Waals surface area contributed by atoms with Crippen LogP contribution in [0.1, 0.15) is 32.1 Å². The number of rotatable bonds is 5. The van der Waals surface area contributed by atoms with Gasteiger partial charge < -0.3 is 10.4 Å². The van der Waals surface area contributed by atoms with Crippen molar-refractivity contribution >= 4 is 27.3 Å². The zero-order chi connectivity index (χ0) is 12.2. The van der Waals surface area contributed by atoms with Crippen molar-refractivity contribution in [3.8, 4) is 0 Å². The van der Waals surface area contributed by atoms with E-state index in [0.29, 0.717) is 0 Å². The first-order valence-electron chi connectivity index (χ1n) is 5.48. The SMILES string of the molecule is CC(C)(C)CC(CO)NCc1cc(Br)cs1. The number of aliphatic hydroxyl groups is 1. The Morgan fingerprint density at radius 3 is 2.62 bits per heavy atom. The molecule has 1 aromatic rings. The molecule has 0 aliphatic rings. The highest BCUT2D eigenvalue weighted by Gasteiger charge is 2.17. The number of hydrogen-bond acceptors (Lipinski definition) is 3. The molecule has 0 bridgehead atoms. The highest BCUT2D eigenvalue weighted by molar-refractivity contribution is 9.10. The summed E-state index contributed by atoms with van der Waals surface area (Å²) in [6, 6.07) is 2.30. The van der Waals surface area contributed by atoms with Gasteiger partial charge in [-0.15, -0.1) is 11.3 Å². The maximum Gasteiger partial charge on any atom is 0.0584 e. The van der Waals surface area contributed by atoms with E-state index in [1.54, 1.807) is 11.3 Å². The summed E-state index contributed by atoms with van der Waals surface area (Å²) >= 11 is 5.17. The van der Waals surface area contributed by atoms with E-state index in [2.05, 4.69) is 53.5 Å². The fraction of sp³-hybridized carbons (Fsp3) is 0.667. The molecule has 1 heterocycles. The molecule has 2 N–H and O–H groups in total. The summed E-state index contributed by atoms with van der Waals surface area (Å²) in [6.45, 7) is 7.61. The summed E-state index contributed by atoms with van der Waals surface area (Å²) in [5.41, 5.74) is 0.246. The first kappa shape index (κ1) is 14.2. The van der Waals surface area contributed by atoms with Gasteiger partial charge >= 0.3 is 0 Å². The quantitative estimate of drug-likeness (QED) is 0.874. The summed E-state index contributed by atoms with van der Waals surface area (Å²) in [5.74, 6) is 0. The third-order valence-electron chi connectivity index (χ3n) is 2.27. The van der Waals surface area contributed by atoms with Crippen LogP contribution in [0.3, 0.4) is 0 Å². The zero-order valence-electron chi connectivity index (χ0n) is 10.1. The van der Waals surface area contributed by atoms with Gasteiger partial charge in [-0.2, -0.15) is 0 Å². The Kier molecular flexibility index (Phi) is 5.44. The monoisotopic (exact) mass is 305 g/mol. The first-order valence-corrected chi connectivity index (χ1v) is 7.15. The van der Waals surface area contributed by atoms with Crippen LogP contribution in [0.2, 0.25) is 0 Å². The van der Waals surface area contributed by atoms with Crippen LogP contribution in [0.4, 0.5) is 0 Å². The van der Waals surface area contributed by atoms with Crippen molar-refractivity contribution in [1.82, 2.24) is 5.32 Å². The average Bonchev–Trinajstić information content (AvgIpc) is 2.57. The fourth-order valence-corrected chi connectivity index (χ4v) is 3.03. The van der Waals surface area contributed by atoms with E-state index in [1.165, 1.54) is 4.88 Å². The largest absolute Gasteiger partial charge is 0.395 e. The molecule has 92 valence electrons. The molecule has 0 aliphatic carbocycles. The van der Waals surface area contributed by atoms with Crippen LogP contribution >= 0.6 is 27.3 Å². The summed E-state index contributed by atoms with van der Waals surface area (Å²) in [4.78, 5) is 1.29. The van der Waals surface area contributed by atoms with E-state index in [-0.39, 0.29) is 18.1 Å². The van der Waals surface area contributed by atoms with Crippen LogP contribution < -0.4 is 5.32 Å². The van der Waals surface area contributed by atoms with E-state index in [0.717, 1.165) is 17.4 Å². The van der Waals surface area contributed by atoms with Crippen molar-refractivity contribution in [3.63, 3.8) is 0 Å². The molecule has 1 rings (SSSR count). The molecule has 4 heteroatoms. The standard InChI is InChI=1S/C12H20BrNOS/c1-12(2,3)5-10(7-15)14-6-11-4-9(13)8-16-11/h4,8,10,14-15H,5-7H2,1-3H3. The predicted octanol–water partition coefficient (Wildman–Crippen LogP) is 3.40. The minimum atomic E-state index is 0.181. The molecular weight excluding hydrogens is 286 g/mol. The lowest BCUT2D eigenvalue weighted by Gasteiger charge is -2.25. The molecule has 0 aromatic carbocycles. The number of aliphatic hydroxyl groups excluding tert-OH is 1. The van der Waals surface area contributed by atoms with E-state index in [9.17, 15) is 5.11 Å². The van der Waals surface area contributed by atoms with Crippen LogP contribution in [0.5, 0.6) is 0 Å². The third-order valence-corrected chi connectivity index (χ3v) is 3.96. The van der Waals surface area contributed by atoms with Gasteiger partial charge in [0.25, 0.3) is 0 Å². The first-order chi connectivity index (χ1) is 7.40. The maximum atomic E-state index is 9.30. The van der Waals surface area contributed by atoms with Gasteiger partial charge in [-0.25, -0.2) is 0 Å². The van der Waals surface area contributed by atoms with Crippen molar-refractivity contribution in [2.75, 3.05) is 6.61 Å². The normalized spacial score (nSPS) is 14.1. The second-order valence-electron chi connectivity index (χ2n) is 5.26. The van der Waals surface area contributed by atoms with Crippen LogP contribution in [-0.4, -0.2) is 17.8 Å². The van der Waals surface area contributed by atoms with Crippen molar-refractivity contribution < 1.29 is 5.11 Å². The lowest BCUT2D eigenvalue weighted by Crippen LogP contribution is -2.35. The minimum Gasteiger partial charge on any atom is -0.395 e. The van der Waals surface area contributed by atoms with Crippen LogP contribution in [0.15, 0.2) is 15.9 Å². The van der Waals surface area contributed by atoms with Gasteiger partial charge in [0.15, 0.2) is 0 Å². The molecule has 1 unspecified atom stereocenters. The molecule has 0 saturated heterocycles. The number of thiophene rings is 1. The number of nitrogens with one attached hydrogen (secondary N) is 1. The lowest BCUT2D eigenvalue weighted by molar-refractivity contribution is 0.198. The second-order valence-corrected chi connectivity index (χ2v) is 7.17. The molecule has 0 radical (unpaired) electrons. The maximum absolute atomic E-state index is 9.30. The van der Waals surface area contributed by atoms with Crippen molar-refractivity contribution in [1.29, 1.82) is 0 Å². The second kappa shape index (κ2) is 6.15. The van der Waals surface area contributed by atoms with Crippen molar-refractivity contribution in [3.05, 3.63) is 20.8 Å². The Morgan fingerprint density at radius 2 is 2.19 bits per heavy atom. The van der Waals surface area contributed by atoms with Gasteiger partial charge in [0, 0.05) is 27.3 Å². The van der Waals surface area contributed by atoms with Gasteiger partial charge in [-0.1, -0.05) is 20.8 Å². The van der Waals surface area contributed by atoms with Gasteiger partial charge in [0.1, 0.15) is 0 Å².